The average Bonchev–Trinajstić information content (AvgIpc) is 2.87. The minimum Gasteiger partial charge on any atom is -0.481 e. The summed E-state index contributed by atoms with van der Waals surface area (Å²) in [6.45, 7) is 0. The van der Waals surface area contributed by atoms with E-state index in [0.29, 0.717) is 12.8 Å². The van der Waals surface area contributed by atoms with Crippen LogP contribution in [0.4, 0.5) is 11.6 Å². The van der Waals surface area contributed by atoms with Gasteiger partial charge in [-0.1, -0.05) is 12.8 Å². The number of aryl methyl sites for hydroxylation is 1. The van der Waals surface area contributed by atoms with Gasteiger partial charge in [-0.15, -0.1) is 0 Å². The Kier molecular flexibility index (Phi) is 3.41. The van der Waals surface area contributed by atoms with Crippen molar-refractivity contribution in [3.05, 3.63) is 16.4 Å². The van der Waals surface area contributed by atoms with E-state index in [9.17, 15) is 14.9 Å². The van der Waals surface area contributed by atoms with Crippen molar-refractivity contribution in [1.29, 1.82) is 0 Å². The standard InChI is InChI=1S/C11H16N4O4/c1-14-7-12-9(15(18)19)10(14)13-11(6-8(16)17)4-2-3-5-11/h7,13H,2-6H2,1H3,(H,16,17). The van der Waals surface area contributed by atoms with E-state index in [0.717, 1.165) is 12.8 Å². The first-order chi connectivity index (χ1) is 8.93. The minimum atomic E-state index is -0.903. The predicted molar refractivity (Wildman–Crippen MR) is 66.9 cm³/mol. The maximum atomic E-state index is 11.0. The second-order valence-electron chi connectivity index (χ2n) is 4.97. The lowest BCUT2D eigenvalue weighted by atomic mass is 9.93. The van der Waals surface area contributed by atoms with Crippen LogP contribution in [0.15, 0.2) is 6.33 Å². The topological polar surface area (TPSA) is 110 Å². The van der Waals surface area contributed by atoms with Gasteiger partial charge >= 0.3 is 11.8 Å². The zero-order valence-electron chi connectivity index (χ0n) is 10.6. The minimum absolute atomic E-state index is 0.0463. The van der Waals surface area contributed by atoms with E-state index >= 15 is 0 Å². The number of nitrogens with zero attached hydrogens (tertiary/aromatic N) is 3. The van der Waals surface area contributed by atoms with Gasteiger partial charge in [0.15, 0.2) is 0 Å². The van der Waals surface area contributed by atoms with E-state index in [4.69, 9.17) is 5.11 Å². The van der Waals surface area contributed by atoms with Gasteiger partial charge < -0.3 is 20.5 Å². The lowest BCUT2D eigenvalue weighted by Crippen LogP contribution is -2.38. The summed E-state index contributed by atoms with van der Waals surface area (Å²) in [5, 5.41) is 23.0. The largest absolute Gasteiger partial charge is 0.481 e. The number of hydrogen-bond acceptors (Lipinski definition) is 5. The van der Waals surface area contributed by atoms with Crippen molar-refractivity contribution >= 4 is 17.6 Å². The lowest BCUT2D eigenvalue weighted by Gasteiger charge is -2.29. The molecule has 1 heterocycles. The summed E-state index contributed by atoms with van der Waals surface area (Å²) in [5.41, 5.74) is -0.607. The third kappa shape index (κ3) is 2.67. The Hall–Kier alpha value is -2.12. The van der Waals surface area contributed by atoms with E-state index in [1.165, 1.54) is 10.9 Å². The number of imidazole rings is 1. The fourth-order valence-electron chi connectivity index (χ4n) is 2.63. The molecule has 0 aromatic carbocycles. The molecule has 8 nitrogen and oxygen atoms in total. The zero-order chi connectivity index (χ0) is 14.0. The third-order valence-corrected chi connectivity index (χ3v) is 3.52. The summed E-state index contributed by atoms with van der Waals surface area (Å²) in [5.74, 6) is -0.897. The molecular weight excluding hydrogens is 252 g/mol. The molecule has 0 unspecified atom stereocenters. The van der Waals surface area contributed by atoms with Gasteiger partial charge in [-0.2, -0.15) is 0 Å². The monoisotopic (exact) mass is 268 g/mol. The molecule has 0 bridgehead atoms. The van der Waals surface area contributed by atoms with Crippen molar-refractivity contribution in [1.82, 2.24) is 9.55 Å². The van der Waals surface area contributed by atoms with Gasteiger partial charge in [0.25, 0.3) is 0 Å². The molecule has 8 heteroatoms. The second kappa shape index (κ2) is 4.87. The van der Waals surface area contributed by atoms with E-state index in [2.05, 4.69) is 10.3 Å². The van der Waals surface area contributed by atoms with Crippen LogP contribution in [0.3, 0.4) is 0 Å². The highest BCUT2D eigenvalue weighted by Gasteiger charge is 2.38. The first-order valence-corrected chi connectivity index (χ1v) is 6.09. The Bertz CT molecular complexity index is 505. The number of hydrogen-bond donors (Lipinski definition) is 2. The van der Waals surface area contributed by atoms with Crippen LogP contribution in [0, 0.1) is 10.1 Å². The summed E-state index contributed by atoms with van der Waals surface area (Å²) in [4.78, 5) is 25.1. The number of nitrogens with one attached hydrogen (secondary N) is 1. The molecule has 0 spiro atoms. The Morgan fingerprint density at radius 3 is 2.79 bits per heavy atom. The number of carboxylic acid groups (broad SMARTS) is 1. The van der Waals surface area contributed by atoms with Crippen LogP contribution in [0.2, 0.25) is 0 Å². The van der Waals surface area contributed by atoms with Crippen molar-refractivity contribution in [3.63, 3.8) is 0 Å². The van der Waals surface area contributed by atoms with Gasteiger partial charge in [-0.05, 0) is 22.7 Å². The van der Waals surface area contributed by atoms with Gasteiger partial charge in [0.05, 0.1) is 6.42 Å². The van der Waals surface area contributed by atoms with E-state index in [1.807, 2.05) is 0 Å². The van der Waals surface area contributed by atoms with E-state index in [1.54, 1.807) is 7.05 Å². The van der Waals surface area contributed by atoms with Gasteiger partial charge in [0, 0.05) is 12.6 Å². The van der Waals surface area contributed by atoms with Gasteiger partial charge in [-0.3, -0.25) is 9.36 Å². The molecule has 1 fully saturated rings. The van der Waals surface area contributed by atoms with Crippen molar-refractivity contribution in [3.8, 4) is 0 Å². The van der Waals surface area contributed by atoms with Crippen LogP contribution in [0.25, 0.3) is 0 Å². The average molecular weight is 268 g/mol. The number of rotatable bonds is 5. The number of carboxylic acids is 1. The highest BCUT2D eigenvalue weighted by atomic mass is 16.6. The fourth-order valence-corrected chi connectivity index (χ4v) is 2.63. The van der Waals surface area contributed by atoms with Gasteiger partial charge in [0.1, 0.15) is 0 Å². The van der Waals surface area contributed by atoms with E-state index < -0.39 is 16.4 Å². The van der Waals surface area contributed by atoms with Crippen molar-refractivity contribution in [2.24, 2.45) is 7.05 Å². The molecule has 1 saturated carbocycles. The highest BCUT2D eigenvalue weighted by molar-refractivity contribution is 5.70. The van der Waals surface area contributed by atoms with Crippen LogP contribution in [0.5, 0.6) is 0 Å². The van der Waals surface area contributed by atoms with Gasteiger partial charge in [-0.25, -0.2) is 0 Å². The molecule has 1 aromatic heterocycles. The molecule has 2 N–H and O–H groups in total. The lowest BCUT2D eigenvalue weighted by molar-refractivity contribution is -0.388. The molecule has 1 aliphatic rings. The Balaban J connectivity index is 2.29. The van der Waals surface area contributed by atoms with Crippen LogP contribution in [0.1, 0.15) is 32.1 Å². The Morgan fingerprint density at radius 2 is 2.26 bits per heavy atom. The van der Waals surface area contributed by atoms with Crippen LogP contribution in [-0.2, 0) is 11.8 Å². The van der Waals surface area contributed by atoms with Crippen molar-refractivity contribution < 1.29 is 14.8 Å². The molecule has 1 aromatic rings. The van der Waals surface area contributed by atoms with Gasteiger partial charge in [0.2, 0.25) is 12.1 Å². The predicted octanol–water partition coefficient (Wildman–Crippen LogP) is 1.53. The molecule has 104 valence electrons. The number of anilines is 1. The maximum Gasteiger partial charge on any atom is 0.406 e. The maximum absolute atomic E-state index is 11.0. The molecule has 0 amide bonds. The summed E-state index contributed by atoms with van der Waals surface area (Å²) in [7, 11) is 1.64. The Morgan fingerprint density at radius 1 is 1.63 bits per heavy atom. The third-order valence-electron chi connectivity index (χ3n) is 3.52. The van der Waals surface area contributed by atoms with Crippen LogP contribution >= 0.6 is 0 Å². The number of nitro groups is 1. The Labute approximate surface area is 109 Å². The summed E-state index contributed by atoms with van der Waals surface area (Å²) < 4.78 is 1.51. The van der Waals surface area contributed by atoms with E-state index in [-0.39, 0.29) is 18.1 Å². The molecule has 0 atom stereocenters. The normalized spacial score (nSPS) is 17.3. The SMILES string of the molecule is Cn1cnc([N+](=O)[O-])c1NC1(CC(=O)O)CCCC1. The molecule has 2 rings (SSSR count). The molecular formula is C11H16N4O4. The zero-order valence-corrected chi connectivity index (χ0v) is 10.6. The number of aromatic nitrogens is 2. The molecule has 0 aliphatic heterocycles. The quantitative estimate of drug-likeness (QED) is 0.619. The smallest absolute Gasteiger partial charge is 0.406 e. The number of aliphatic carboxylic acids is 1. The highest BCUT2D eigenvalue weighted by Crippen LogP contribution is 2.37. The number of carbonyl (C=O) groups is 1. The second-order valence-corrected chi connectivity index (χ2v) is 4.97. The molecule has 0 radical (unpaired) electrons. The summed E-state index contributed by atoms with van der Waals surface area (Å²) in [6, 6.07) is 0. The molecule has 0 saturated heterocycles. The first-order valence-electron chi connectivity index (χ1n) is 6.09. The van der Waals surface area contributed by atoms with Crippen LogP contribution in [-0.4, -0.2) is 31.1 Å². The summed E-state index contributed by atoms with van der Waals surface area (Å²) >= 11 is 0. The fraction of sp³-hybridized carbons (Fsp3) is 0.636. The van der Waals surface area contributed by atoms with Crippen molar-refractivity contribution in [2.75, 3.05) is 5.32 Å². The van der Waals surface area contributed by atoms with Crippen LogP contribution < -0.4 is 5.32 Å². The first kappa shape index (κ1) is 13.3. The molecule has 19 heavy (non-hydrogen) atoms. The summed E-state index contributed by atoms with van der Waals surface area (Å²) in [6.07, 6.45) is 4.54. The van der Waals surface area contributed by atoms with Crippen molar-refractivity contribution in [2.45, 2.75) is 37.6 Å². The molecule has 1 aliphatic carbocycles.